The number of benzene rings is 2. The number of carbonyl (C=O) groups excluding carboxylic acids is 3. The van der Waals surface area contributed by atoms with Crippen LogP contribution in [0.15, 0.2) is 53.4 Å². The largest absolute Gasteiger partial charge is 0.280 e. The van der Waals surface area contributed by atoms with Gasteiger partial charge in [0.15, 0.2) is 0 Å². The Morgan fingerprint density at radius 3 is 2.17 bits per heavy atom. The van der Waals surface area contributed by atoms with Crippen molar-refractivity contribution in [2.24, 2.45) is 0 Å². The van der Waals surface area contributed by atoms with Gasteiger partial charge in [-0.2, -0.15) is 0 Å². The van der Waals surface area contributed by atoms with Gasteiger partial charge in [0.2, 0.25) is 5.91 Å². The number of hydrogen-bond acceptors (Lipinski definition) is 5. The Kier molecular flexibility index (Phi) is 5.48. The third-order valence-electron chi connectivity index (χ3n) is 4.51. The van der Waals surface area contributed by atoms with Crippen LogP contribution in [0.2, 0.25) is 10.0 Å². The molecule has 9 heteroatoms. The van der Waals surface area contributed by atoms with Crippen molar-refractivity contribution < 1.29 is 14.4 Å². The van der Waals surface area contributed by atoms with E-state index >= 15 is 0 Å². The predicted molar refractivity (Wildman–Crippen MR) is 119 cm³/mol. The number of thioether (sulfide) groups is 1. The van der Waals surface area contributed by atoms with Gasteiger partial charge in [-0.3, -0.25) is 19.3 Å². The summed E-state index contributed by atoms with van der Waals surface area (Å²) in [5, 5.41) is 1.08. The van der Waals surface area contributed by atoms with Crippen LogP contribution >= 0.6 is 47.2 Å². The molecule has 0 radical (unpaired) electrons. The molecular weight excluding hydrogens is 451 g/mol. The second-order valence-corrected chi connectivity index (χ2v) is 8.92. The van der Waals surface area contributed by atoms with Crippen LogP contribution in [0.25, 0.3) is 6.08 Å². The summed E-state index contributed by atoms with van der Waals surface area (Å²) >= 11 is 18.2. The van der Waals surface area contributed by atoms with Gasteiger partial charge in [-0.15, -0.1) is 0 Å². The fourth-order valence-corrected chi connectivity index (χ4v) is 4.75. The van der Waals surface area contributed by atoms with Crippen LogP contribution in [0.1, 0.15) is 12.0 Å². The monoisotopic (exact) mass is 462 g/mol. The molecule has 2 aromatic carbocycles. The summed E-state index contributed by atoms with van der Waals surface area (Å²) in [6, 6.07) is 12.4. The maximum absolute atomic E-state index is 13.0. The molecule has 2 fully saturated rings. The molecule has 2 saturated heterocycles. The third kappa shape index (κ3) is 3.83. The second-order valence-electron chi connectivity index (χ2n) is 6.37. The van der Waals surface area contributed by atoms with Crippen LogP contribution in [-0.4, -0.2) is 33.0 Å². The topological polar surface area (TPSA) is 57.7 Å². The quantitative estimate of drug-likeness (QED) is 0.381. The standard InChI is InChI=1S/C20H12Cl2N2O3S2/c21-12-3-1-11(2-4-12)9-16-19(27)24(20(28)29-16)15-10-17(25)23(18(15)26)14-7-5-13(22)6-8-14/h1-9,15H,10H2/b16-9-/t15-/m1/s1. The first-order valence-electron chi connectivity index (χ1n) is 8.50. The summed E-state index contributed by atoms with van der Waals surface area (Å²) in [5.41, 5.74) is 1.19. The van der Waals surface area contributed by atoms with Crippen molar-refractivity contribution >= 4 is 81.0 Å². The van der Waals surface area contributed by atoms with E-state index in [2.05, 4.69) is 0 Å². The van der Waals surface area contributed by atoms with E-state index in [0.717, 1.165) is 22.2 Å². The van der Waals surface area contributed by atoms with Crippen molar-refractivity contribution in [3.05, 3.63) is 69.0 Å². The Bertz CT molecular complexity index is 1070. The van der Waals surface area contributed by atoms with Crippen molar-refractivity contribution in [2.45, 2.75) is 12.5 Å². The smallest absolute Gasteiger partial charge is 0.266 e. The van der Waals surface area contributed by atoms with Crippen LogP contribution in [0.3, 0.4) is 0 Å². The fraction of sp³-hybridized carbons (Fsp3) is 0.100. The lowest BCUT2D eigenvalue weighted by Gasteiger charge is -2.21. The minimum atomic E-state index is -0.957. The molecule has 0 aliphatic carbocycles. The Balaban J connectivity index is 1.59. The number of nitrogens with zero attached hydrogens (tertiary/aromatic N) is 2. The summed E-state index contributed by atoms with van der Waals surface area (Å²) in [6.07, 6.45) is 1.57. The molecule has 0 unspecified atom stereocenters. The molecule has 4 rings (SSSR count). The van der Waals surface area contributed by atoms with Gasteiger partial charge in [0.1, 0.15) is 10.4 Å². The van der Waals surface area contributed by atoms with Gasteiger partial charge in [-0.1, -0.05) is 59.3 Å². The maximum Gasteiger partial charge on any atom is 0.266 e. The SMILES string of the molecule is O=C1C[C@@H](N2C(=O)/C(=C/c3ccc(Cl)cc3)SC2=S)C(=O)N1c1ccc(Cl)cc1. The lowest BCUT2D eigenvalue weighted by molar-refractivity contribution is -0.129. The number of rotatable bonds is 3. The number of hydrogen-bond donors (Lipinski definition) is 0. The van der Waals surface area contributed by atoms with Crippen LogP contribution in [0, 0.1) is 0 Å². The van der Waals surface area contributed by atoms with E-state index < -0.39 is 17.9 Å². The minimum absolute atomic E-state index is 0.123. The lowest BCUT2D eigenvalue weighted by atomic mass is 10.2. The zero-order valence-electron chi connectivity index (χ0n) is 14.7. The van der Waals surface area contributed by atoms with Crippen molar-refractivity contribution in [1.82, 2.24) is 4.90 Å². The van der Waals surface area contributed by atoms with Crippen LogP contribution in [-0.2, 0) is 14.4 Å². The average Bonchev–Trinajstić information content (AvgIpc) is 3.12. The maximum atomic E-state index is 13.0. The molecule has 3 amide bonds. The molecule has 0 aromatic heterocycles. The minimum Gasteiger partial charge on any atom is -0.280 e. The highest BCUT2D eigenvalue weighted by Crippen LogP contribution is 2.37. The van der Waals surface area contributed by atoms with Crippen molar-refractivity contribution in [3.63, 3.8) is 0 Å². The Hall–Kier alpha value is -2.19. The van der Waals surface area contributed by atoms with Gasteiger partial charge in [0.25, 0.3) is 11.8 Å². The molecule has 5 nitrogen and oxygen atoms in total. The first-order valence-corrected chi connectivity index (χ1v) is 10.5. The number of halogens is 2. The van der Waals surface area contributed by atoms with Gasteiger partial charge >= 0.3 is 0 Å². The van der Waals surface area contributed by atoms with E-state index in [1.807, 2.05) is 0 Å². The number of thiocarbonyl (C=S) groups is 1. The van der Waals surface area contributed by atoms with E-state index in [1.54, 1.807) is 54.6 Å². The molecular formula is C20H12Cl2N2O3S2. The molecule has 2 heterocycles. The highest BCUT2D eigenvalue weighted by molar-refractivity contribution is 8.26. The molecule has 1 atom stereocenters. The molecule has 2 aromatic rings. The Morgan fingerprint density at radius 1 is 0.966 bits per heavy atom. The average molecular weight is 463 g/mol. The highest BCUT2D eigenvalue weighted by Gasteiger charge is 2.48. The van der Waals surface area contributed by atoms with Crippen LogP contribution < -0.4 is 4.90 Å². The summed E-state index contributed by atoms with van der Waals surface area (Å²) in [6.45, 7) is 0. The fourth-order valence-electron chi connectivity index (χ4n) is 3.14. The summed E-state index contributed by atoms with van der Waals surface area (Å²) < 4.78 is 0.249. The van der Waals surface area contributed by atoms with Gasteiger partial charge in [-0.25, -0.2) is 4.90 Å². The van der Waals surface area contributed by atoms with Gasteiger partial charge < -0.3 is 0 Å². The van der Waals surface area contributed by atoms with Gasteiger partial charge in [0.05, 0.1) is 17.0 Å². The predicted octanol–water partition coefficient (Wildman–Crippen LogP) is 4.53. The van der Waals surface area contributed by atoms with Crippen molar-refractivity contribution in [1.29, 1.82) is 0 Å². The summed E-state index contributed by atoms with van der Waals surface area (Å²) in [7, 11) is 0. The van der Waals surface area contributed by atoms with E-state index in [4.69, 9.17) is 35.4 Å². The lowest BCUT2D eigenvalue weighted by Crippen LogP contribution is -2.44. The summed E-state index contributed by atoms with van der Waals surface area (Å²) in [4.78, 5) is 41.1. The van der Waals surface area contributed by atoms with Crippen LogP contribution in [0.4, 0.5) is 5.69 Å². The second kappa shape index (κ2) is 7.91. The zero-order valence-corrected chi connectivity index (χ0v) is 17.8. The molecule has 0 N–H and O–H groups in total. The molecule has 2 aliphatic rings. The van der Waals surface area contributed by atoms with Crippen molar-refractivity contribution in [3.8, 4) is 0 Å². The first-order chi connectivity index (χ1) is 13.8. The molecule has 0 spiro atoms. The molecule has 29 heavy (non-hydrogen) atoms. The van der Waals surface area contributed by atoms with Gasteiger partial charge in [-0.05, 0) is 48.0 Å². The molecule has 0 bridgehead atoms. The number of anilines is 1. The van der Waals surface area contributed by atoms with Crippen LogP contribution in [0.5, 0.6) is 0 Å². The number of amides is 3. The van der Waals surface area contributed by atoms with E-state index in [-0.39, 0.29) is 16.6 Å². The third-order valence-corrected chi connectivity index (χ3v) is 6.34. The van der Waals surface area contributed by atoms with E-state index in [0.29, 0.717) is 20.6 Å². The van der Waals surface area contributed by atoms with Gasteiger partial charge in [0, 0.05) is 10.0 Å². The normalized spacial score (nSPS) is 21.0. The first kappa shape index (κ1) is 20.1. The van der Waals surface area contributed by atoms with E-state index in [9.17, 15) is 14.4 Å². The summed E-state index contributed by atoms with van der Waals surface area (Å²) in [5.74, 6) is -1.27. The molecule has 146 valence electrons. The Labute approximate surface area is 186 Å². The van der Waals surface area contributed by atoms with E-state index in [1.165, 1.54) is 4.90 Å². The zero-order chi connectivity index (χ0) is 20.7. The number of carbonyl (C=O) groups is 3. The molecule has 2 aliphatic heterocycles. The highest BCUT2D eigenvalue weighted by atomic mass is 35.5. The Morgan fingerprint density at radius 2 is 1.55 bits per heavy atom. The van der Waals surface area contributed by atoms with Crippen molar-refractivity contribution in [2.75, 3.05) is 4.90 Å². The molecule has 0 saturated carbocycles. The number of imide groups is 1.